The number of alkyl halides is 1. The molecule has 0 aliphatic heterocycles. The number of halogens is 1. The summed E-state index contributed by atoms with van der Waals surface area (Å²) in [6.07, 6.45) is 2.60. The van der Waals surface area contributed by atoms with Crippen LogP contribution in [0.4, 0.5) is 0 Å². The summed E-state index contributed by atoms with van der Waals surface area (Å²) in [6, 6.07) is 8.70. The molecule has 0 N–H and O–H groups in total. The summed E-state index contributed by atoms with van der Waals surface area (Å²) >= 11 is 6.78. The Morgan fingerprint density at radius 2 is 1.67 bits per heavy atom. The Balaban J connectivity index is 2.47. The van der Waals surface area contributed by atoms with E-state index in [4.69, 9.17) is 16.0 Å². The lowest BCUT2D eigenvalue weighted by Crippen LogP contribution is -2.03. The van der Waals surface area contributed by atoms with Crippen molar-refractivity contribution >= 4 is 11.6 Å². The summed E-state index contributed by atoms with van der Waals surface area (Å²) in [4.78, 5) is 0. The lowest BCUT2D eigenvalue weighted by Gasteiger charge is -2.20. The summed E-state index contributed by atoms with van der Waals surface area (Å²) in [7, 11) is 0. The molecule has 1 nitrogen and oxygen atoms in total. The first kappa shape index (κ1) is 16.2. The average Bonchev–Trinajstić information content (AvgIpc) is 2.94. The maximum Gasteiger partial charge on any atom is 0.108 e. The van der Waals surface area contributed by atoms with Crippen LogP contribution in [-0.2, 0) is 6.42 Å². The molecule has 0 amide bonds. The van der Waals surface area contributed by atoms with Gasteiger partial charge in [0.1, 0.15) is 5.76 Å². The van der Waals surface area contributed by atoms with E-state index in [0.717, 1.165) is 17.7 Å². The Morgan fingerprint density at radius 3 is 2.24 bits per heavy atom. The van der Waals surface area contributed by atoms with Crippen molar-refractivity contribution in [1.29, 1.82) is 0 Å². The van der Waals surface area contributed by atoms with Gasteiger partial charge in [0.2, 0.25) is 0 Å². The second-order valence-electron chi connectivity index (χ2n) is 6.21. The van der Waals surface area contributed by atoms with Crippen LogP contribution in [0.3, 0.4) is 0 Å². The van der Waals surface area contributed by atoms with Gasteiger partial charge in [0.05, 0.1) is 11.6 Å². The third-order valence-corrected chi connectivity index (χ3v) is 4.52. The Kier molecular flexibility index (Phi) is 5.16. The van der Waals surface area contributed by atoms with Gasteiger partial charge in [-0.15, -0.1) is 11.6 Å². The van der Waals surface area contributed by atoms with Crippen molar-refractivity contribution in [2.24, 2.45) is 0 Å². The van der Waals surface area contributed by atoms with Crippen LogP contribution in [0, 0.1) is 0 Å². The van der Waals surface area contributed by atoms with Crippen molar-refractivity contribution in [1.82, 2.24) is 0 Å². The molecule has 1 unspecified atom stereocenters. The van der Waals surface area contributed by atoms with Crippen LogP contribution in [-0.4, -0.2) is 0 Å². The highest BCUT2D eigenvalue weighted by atomic mass is 35.5. The van der Waals surface area contributed by atoms with Gasteiger partial charge in [-0.1, -0.05) is 52.8 Å². The van der Waals surface area contributed by atoms with E-state index in [1.807, 2.05) is 6.07 Å². The molecule has 21 heavy (non-hydrogen) atoms. The van der Waals surface area contributed by atoms with Crippen LogP contribution >= 0.6 is 11.6 Å². The minimum Gasteiger partial charge on any atom is -0.469 e. The lowest BCUT2D eigenvalue weighted by atomic mass is 9.88. The summed E-state index contributed by atoms with van der Waals surface area (Å²) in [5.74, 6) is 1.97. The Labute approximate surface area is 133 Å². The molecule has 0 spiro atoms. The molecule has 0 aliphatic carbocycles. The zero-order valence-corrected chi connectivity index (χ0v) is 14.4. The zero-order valence-electron chi connectivity index (χ0n) is 13.6. The molecule has 2 rings (SSSR count). The lowest BCUT2D eigenvalue weighted by molar-refractivity contribution is 0.511. The van der Waals surface area contributed by atoms with E-state index < -0.39 is 0 Å². The fraction of sp³-hybridized carbons (Fsp3) is 0.474. The van der Waals surface area contributed by atoms with E-state index in [0.29, 0.717) is 11.8 Å². The van der Waals surface area contributed by atoms with Gasteiger partial charge in [0.25, 0.3) is 0 Å². The highest BCUT2D eigenvalue weighted by Crippen LogP contribution is 2.37. The number of aryl methyl sites for hydroxylation is 1. The van der Waals surface area contributed by atoms with Crippen molar-refractivity contribution in [2.75, 3.05) is 0 Å². The number of hydrogen-bond acceptors (Lipinski definition) is 1. The van der Waals surface area contributed by atoms with Crippen molar-refractivity contribution in [3.05, 3.63) is 58.5 Å². The molecule has 1 heterocycles. The van der Waals surface area contributed by atoms with Crippen LogP contribution in [0.15, 0.2) is 34.9 Å². The van der Waals surface area contributed by atoms with Crippen molar-refractivity contribution in [3.63, 3.8) is 0 Å². The second kappa shape index (κ2) is 6.70. The van der Waals surface area contributed by atoms with Gasteiger partial charge in [0, 0.05) is 12.0 Å². The molecule has 0 bridgehead atoms. The number of hydrogen-bond donors (Lipinski definition) is 0. The Morgan fingerprint density at radius 1 is 0.952 bits per heavy atom. The quantitative estimate of drug-likeness (QED) is 0.581. The maximum atomic E-state index is 6.78. The molecule has 2 aromatic rings. The zero-order chi connectivity index (χ0) is 15.6. The Bertz CT molecular complexity index is 595. The molecule has 1 atom stereocenters. The SMILES string of the molecule is CCc1occc1C(Cl)c1ccc(C(C)C)cc1C(C)C. The summed E-state index contributed by atoms with van der Waals surface area (Å²) < 4.78 is 5.53. The summed E-state index contributed by atoms with van der Waals surface area (Å²) in [5, 5.41) is -0.141. The van der Waals surface area contributed by atoms with Gasteiger partial charge in [-0.25, -0.2) is 0 Å². The number of rotatable bonds is 5. The molecule has 1 aromatic carbocycles. The van der Waals surface area contributed by atoms with Crippen LogP contribution in [0.5, 0.6) is 0 Å². The predicted molar refractivity (Wildman–Crippen MR) is 90.4 cm³/mol. The van der Waals surface area contributed by atoms with Crippen molar-refractivity contribution < 1.29 is 4.42 Å². The molecular weight excluding hydrogens is 280 g/mol. The van der Waals surface area contributed by atoms with Crippen LogP contribution in [0.25, 0.3) is 0 Å². The highest BCUT2D eigenvalue weighted by molar-refractivity contribution is 6.22. The molecule has 0 saturated heterocycles. The predicted octanol–water partition coefficient (Wildman–Crippen LogP) is 6.42. The van der Waals surface area contributed by atoms with Gasteiger partial charge in [-0.2, -0.15) is 0 Å². The summed E-state index contributed by atoms with van der Waals surface area (Å²) in [6.45, 7) is 11.0. The van der Waals surface area contributed by atoms with Gasteiger partial charge in [-0.05, 0) is 34.6 Å². The van der Waals surface area contributed by atoms with Crippen LogP contribution in [0.2, 0.25) is 0 Å². The van der Waals surface area contributed by atoms with E-state index in [1.54, 1.807) is 6.26 Å². The maximum absolute atomic E-state index is 6.78. The molecule has 2 heteroatoms. The fourth-order valence-electron chi connectivity index (χ4n) is 2.71. The third kappa shape index (κ3) is 3.35. The largest absolute Gasteiger partial charge is 0.469 e. The molecule has 0 fully saturated rings. The molecule has 114 valence electrons. The topological polar surface area (TPSA) is 13.1 Å². The molecule has 1 aromatic heterocycles. The normalized spacial score (nSPS) is 13.1. The number of furan rings is 1. The highest BCUT2D eigenvalue weighted by Gasteiger charge is 2.21. The first-order chi connectivity index (χ1) is 9.95. The molecule has 0 aliphatic rings. The number of benzene rings is 1. The second-order valence-corrected chi connectivity index (χ2v) is 6.65. The minimum atomic E-state index is -0.141. The van der Waals surface area contributed by atoms with E-state index in [2.05, 4.69) is 52.8 Å². The standard InChI is InChI=1S/C19H25ClO/c1-6-18-16(9-10-21-18)19(20)15-8-7-14(12(2)3)11-17(15)13(4)5/h7-13,19H,6H2,1-5H3. The van der Waals surface area contributed by atoms with E-state index in [9.17, 15) is 0 Å². The van der Waals surface area contributed by atoms with E-state index >= 15 is 0 Å². The monoisotopic (exact) mass is 304 g/mol. The van der Waals surface area contributed by atoms with Crippen LogP contribution in [0.1, 0.15) is 79.8 Å². The van der Waals surface area contributed by atoms with Gasteiger partial charge in [-0.3, -0.25) is 0 Å². The molecular formula is C19H25ClO. The average molecular weight is 305 g/mol. The smallest absolute Gasteiger partial charge is 0.108 e. The Hall–Kier alpha value is -1.21. The van der Waals surface area contributed by atoms with Crippen molar-refractivity contribution in [3.8, 4) is 0 Å². The molecule has 0 saturated carbocycles. The van der Waals surface area contributed by atoms with Gasteiger partial charge >= 0.3 is 0 Å². The summed E-state index contributed by atoms with van der Waals surface area (Å²) in [5.41, 5.74) is 5.00. The van der Waals surface area contributed by atoms with Gasteiger partial charge < -0.3 is 4.42 Å². The minimum absolute atomic E-state index is 0.141. The van der Waals surface area contributed by atoms with Crippen LogP contribution < -0.4 is 0 Å². The first-order valence-corrected chi connectivity index (χ1v) is 8.23. The van der Waals surface area contributed by atoms with Gasteiger partial charge in [0.15, 0.2) is 0 Å². The van der Waals surface area contributed by atoms with E-state index in [1.165, 1.54) is 16.7 Å². The molecule has 0 radical (unpaired) electrons. The van der Waals surface area contributed by atoms with E-state index in [-0.39, 0.29) is 5.38 Å². The fourth-order valence-corrected chi connectivity index (χ4v) is 3.11. The van der Waals surface area contributed by atoms with Crippen molar-refractivity contribution in [2.45, 2.75) is 58.3 Å². The third-order valence-electron chi connectivity index (χ3n) is 4.05. The first-order valence-electron chi connectivity index (χ1n) is 7.79.